The first kappa shape index (κ1) is 17.5. The Morgan fingerprint density at radius 2 is 1.74 bits per heavy atom. The van der Waals surface area contributed by atoms with Crippen molar-refractivity contribution in [2.45, 2.75) is 11.4 Å². The van der Waals surface area contributed by atoms with E-state index in [0.29, 0.717) is 5.02 Å². The van der Waals surface area contributed by atoms with Crippen molar-refractivity contribution in [1.82, 2.24) is 4.31 Å². The number of nitrogens with zero attached hydrogens (tertiary/aromatic N) is 1. The second kappa shape index (κ2) is 7.12. The number of esters is 1. The van der Waals surface area contributed by atoms with E-state index >= 15 is 0 Å². The maximum atomic E-state index is 12.7. The van der Waals surface area contributed by atoms with E-state index in [0.717, 1.165) is 5.56 Å². The van der Waals surface area contributed by atoms with Crippen molar-refractivity contribution in [2.75, 3.05) is 14.2 Å². The fourth-order valence-corrected chi connectivity index (χ4v) is 3.53. The molecular formula is C16H16ClNO4S. The highest BCUT2D eigenvalue weighted by atomic mass is 35.5. The van der Waals surface area contributed by atoms with E-state index in [1.54, 1.807) is 36.4 Å². The van der Waals surface area contributed by atoms with Crippen molar-refractivity contribution in [1.29, 1.82) is 0 Å². The molecule has 0 amide bonds. The molecule has 0 aromatic heterocycles. The molecule has 0 radical (unpaired) electrons. The van der Waals surface area contributed by atoms with Gasteiger partial charge in [-0.2, -0.15) is 4.31 Å². The Hall–Kier alpha value is -1.89. The molecule has 2 aromatic rings. The molecule has 7 heteroatoms. The van der Waals surface area contributed by atoms with Gasteiger partial charge in [0, 0.05) is 18.6 Å². The van der Waals surface area contributed by atoms with Crippen LogP contribution in [-0.2, 0) is 21.3 Å². The number of carbonyl (C=O) groups is 1. The highest BCUT2D eigenvalue weighted by Gasteiger charge is 2.26. The van der Waals surface area contributed by atoms with Gasteiger partial charge in [-0.05, 0) is 29.8 Å². The quantitative estimate of drug-likeness (QED) is 0.775. The van der Waals surface area contributed by atoms with Crippen LogP contribution in [0.25, 0.3) is 0 Å². The molecule has 2 rings (SSSR count). The van der Waals surface area contributed by atoms with E-state index < -0.39 is 16.0 Å². The lowest BCUT2D eigenvalue weighted by atomic mass is 10.2. The Bertz CT molecular complexity index is 803. The van der Waals surface area contributed by atoms with Crippen molar-refractivity contribution >= 4 is 27.6 Å². The van der Waals surface area contributed by atoms with E-state index in [-0.39, 0.29) is 17.0 Å². The summed E-state index contributed by atoms with van der Waals surface area (Å²) in [6, 6.07) is 12.9. The van der Waals surface area contributed by atoms with Crippen molar-refractivity contribution in [2.24, 2.45) is 0 Å². The lowest BCUT2D eigenvalue weighted by molar-refractivity contribution is 0.0596. The van der Waals surface area contributed by atoms with Gasteiger partial charge in [0.1, 0.15) is 0 Å². The molecule has 0 saturated carbocycles. The molecule has 0 N–H and O–H groups in total. The third-order valence-electron chi connectivity index (χ3n) is 3.30. The summed E-state index contributed by atoms with van der Waals surface area (Å²) in [7, 11) is -1.17. The molecule has 0 heterocycles. The van der Waals surface area contributed by atoms with Crippen LogP contribution < -0.4 is 0 Å². The van der Waals surface area contributed by atoms with Crippen LogP contribution in [0.5, 0.6) is 0 Å². The van der Waals surface area contributed by atoms with Crippen molar-refractivity contribution < 1.29 is 17.9 Å². The highest BCUT2D eigenvalue weighted by Crippen LogP contribution is 2.22. The molecule has 23 heavy (non-hydrogen) atoms. The number of halogens is 1. The predicted molar refractivity (Wildman–Crippen MR) is 87.9 cm³/mol. The zero-order valence-electron chi connectivity index (χ0n) is 12.7. The van der Waals surface area contributed by atoms with E-state index in [2.05, 4.69) is 4.74 Å². The van der Waals surface area contributed by atoms with Crippen molar-refractivity contribution in [3.8, 4) is 0 Å². The van der Waals surface area contributed by atoms with Crippen LogP contribution in [0.4, 0.5) is 0 Å². The molecule has 2 aromatic carbocycles. The summed E-state index contributed by atoms with van der Waals surface area (Å²) >= 11 is 5.82. The van der Waals surface area contributed by atoms with Crippen LogP contribution in [0.1, 0.15) is 15.9 Å². The Labute approximate surface area is 140 Å². The third kappa shape index (κ3) is 3.90. The van der Waals surface area contributed by atoms with Crippen LogP contribution in [0, 0.1) is 0 Å². The number of ether oxygens (including phenoxy) is 1. The number of hydrogen-bond acceptors (Lipinski definition) is 4. The van der Waals surface area contributed by atoms with Gasteiger partial charge in [-0.15, -0.1) is 0 Å². The summed E-state index contributed by atoms with van der Waals surface area (Å²) in [6.07, 6.45) is 0. The Kier molecular flexibility index (Phi) is 5.41. The molecule has 0 bridgehead atoms. The molecular weight excluding hydrogens is 338 g/mol. The SMILES string of the molecule is COC(=O)c1ccccc1S(=O)(=O)N(C)Cc1ccc(Cl)cc1. The monoisotopic (exact) mass is 353 g/mol. The first-order valence-corrected chi connectivity index (χ1v) is 8.56. The summed E-state index contributed by atoms with van der Waals surface area (Å²) in [5.74, 6) is -0.691. The zero-order valence-corrected chi connectivity index (χ0v) is 14.3. The summed E-state index contributed by atoms with van der Waals surface area (Å²) < 4.78 is 31.3. The largest absolute Gasteiger partial charge is 0.465 e. The molecule has 0 aliphatic heterocycles. The standard InChI is InChI=1S/C16H16ClNO4S/c1-18(11-12-7-9-13(17)10-8-12)23(20,21)15-6-4-3-5-14(15)16(19)22-2/h3-10H,11H2,1-2H3. The van der Waals surface area contributed by atoms with Gasteiger partial charge < -0.3 is 4.74 Å². The minimum Gasteiger partial charge on any atom is -0.465 e. The van der Waals surface area contributed by atoms with Gasteiger partial charge in [0.05, 0.1) is 17.6 Å². The van der Waals surface area contributed by atoms with Crippen LogP contribution in [0.15, 0.2) is 53.4 Å². The van der Waals surface area contributed by atoms with Gasteiger partial charge in [-0.3, -0.25) is 0 Å². The Balaban J connectivity index is 2.34. The molecule has 0 saturated heterocycles. The number of rotatable bonds is 5. The molecule has 0 spiro atoms. The smallest absolute Gasteiger partial charge is 0.339 e. The van der Waals surface area contributed by atoms with Gasteiger partial charge >= 0.3 is 5.97 Å². The second-order valence-electron chi connectivity index (χ2n) is 4.88. The van der Waals surface area contributed by atoms with Crippen molar-refractivity contribution in [3.63, 3.8) is 0 Å². The first-order valence-electron chi connectivity index (χ1n) is 6.74. The number of carbonyl (C=O) groups excluding carboxylic acids is 1. The lowest BCUT2D eigenvalue weighted by Crippen LogP contribution is -2.28. The fourth-order valence-electron chi connectivity index (χ4n) is 2.07. The Morgan fingerprint density at radius 1 is 1.13 bits per heavy atom. The fraction of sp³-hybridized carbons (Fsp3) is 0.188. The predicted octanol–water partition coefficient (Wildman–Crippen LogP) is 2.95. The van der Waals surface area contributed by atoms with Crippen LogP contribution in [-0.4, -0.2) is 32.8 Å². The summed E-state index contributed by atoms with van der Waals surface area (Å²) in [5, 5.41) is 0.579. The van der Waals surface area contributed by atoms with Gasteiger partial charge in [0.25, 0.3) is 0 Å². The number of sulfonamides is 1. The third-order valence-corrected chi connectivity index (χ3v) is 5.41. The van der Waals surface area contributed by atoms with Crippen LogP contribution >= 0.6 is 11.6 Å². The van der Waals surface area contributed by atoms with E-state index in [1.165, 1.54) is 30.6 Å². The van der Waals surface area contributed by atoms with Gasteiger partial charge in [0.15, 0.2) is 0 Å². The van der Waals surface area contributed by atoms with Gasteiger partial charge in [0.2, 0.25) is 10.0 Å². The van der Waals surface area contributed by atoms with Gasteiger partial charge in [-0.25, -0.2) is 13.2 Å². The molecule has 5 nitrogen and oxygen atoms in total. The second-order valence-corrected chi connectivity index (χ2v) is 7.33. The molecule has 0 atom stereocenters. The number of hydrogen-bond donors (Lipinski definition) is 0. The average molecular weight is 354 g/mol. The van der Waals surface area contributed by atoms with Crippen molar-refractivity contribution in [3.05, 3.63) is 64.7 Å². The molecule has 0 aliphatic carbocycles. The number of methoxy groups -OCH3 is 1. The highest BCUT2D eigenvalue weighted by molar-refractivity contribution is 7.89. The lowest BCUT2D eigenvalue weighted by Gasteiger charge is -2.19. The molecule has 0 unspecified atom stereocenters. The maximum absolute atomic E-state index is 12.7. The molecule has 122 valence electrons. The van der Waals surface area contributed by atoms with Crippen LogP contribution in [0.3, 0.4) is 0 Å². The van der Waals surface area contributed by atoms with E-state index in [1.807, 2.05) is 0 Å². The van der Waals surface area contributed by atoms with E-state index in [4.69, 9.17) is 11.6 Å². The minimum absolute atomic E-state index is 0.0120. The normalized spacial score (nSPS) is 11.5. The van der Waals surface area contributed by atoms with E-state index in [9.17, 15) is 13.2 Å². The average Bonchev–Trinajstić information content (AvgIpc) is 2.56. The summed E-state index contributed by atoms with van der Waals surface area (Å²) in [4.78, 5) is 11.7. The van der Waals surface area contributed by atoms with Crippen LogP contribution in [0.2, 0.25) is 5.02 Å². The van der Waals surface area contributed by atoms with Gasteiger partial charge in [-0.1, -0.05) is 35.9 Å². The topological polar surface area (TPSA) is 63.7 Å². The minimum atomic E-state index is -3.83. The molecule has 0 aliphatic rings. The summed E-state index contributed by atoms with van der Waals surface area (Å²) in [6.45, 7) is 0.162. The Morgan fingerprint density at radius 3 is 2.35 bits per heavy atom. The number of benzene rings is 2. The summed E-state index contributed by atoms with van der Waals surface area (Å²) in [5.41, 5.74) is 0.800. The maximum Gasteiger partial charge on any atom is 0.339 e. The zero-order chi connectivity index (χ0) is 17.0. The molecule has 0 fully saturated rings. The first-order chi connectivity index (χ1) is 10.9.